The number of aryl methyl sites for hydroxylation is 1. The summed E-state index contributed by atoms with van der Waals surface area (Å²) in [5, 5.41) is 16.5. The first-order chi connectivity index (χ1) is 22.2. The monoisotopic (exact) mass is 652 g/mol. The SMILES string of the molecule is Cc1cc2occ(C3NC(Cc4ccc5ccccc5c4)(C(=O)O)C4C(=O)N(CCSc5ccccc5)C(=O)C34)c(=O)c2cc1Cl. The number of imide groups is 1. The maximum absolute atomic E-state index is 14.2. The zero-order valence-electron chi connectivity index (χ0n) is 24.7. The van der Waals surface area contributed by atoms with Crippen LogP contribution in [0.15, 0.2) is 105 Å². The zero-order chi connectivity index (χ0) is 32.2. The highest BCUT2D eigenvalue weighted by Gasteiger charge is 2.68. The number of halogens is 1. The molecule has 2 aliphatic rings. The molecule has 0 radical (unpaired) electrons. The molecule has 232 valence electrons. The van der Waals surface area contributed by atoms with E-state index in [0.29, 0.717) is 21.9 Å². The van der Waals surface area contributed by atoms with Crippen LogP contribution in [0, 0.1) is 18.8 Å². The summed E-state index contributed by atoms with van der Waals surface area (Å²) in [5.41, 5.74) is -0.517. The normalized spacial score (nSPS) is 22.6. The molecule has 2 amide bonds. The average molecular weight is 653 g/mol. The molecule has 0 saturated carbocycles. The number of carboxylic acids is 1. The molecule has 0 spiro atoms. The fourth-order valence-electron chi connectivity index (χ4n) is 6.91. The number of aliphatic carboxylic acids is 1. The lowest BCUT2D eigenvalue weighted by atomic mass is 9.76. The van der Waals surface area contributed by atoms with Gasteiger partial charge < -0.3 is 9.52 Å². The zero-order valence-corrected chi connectivity index (χ0v) is 26.3. The number of likely N-dealkylation sites (tertiary alicyclic amines) is 1. The Kier molecular flexibility index (Phi) is 7.71. The van der Waals surface area contributed by atoms with Gasteiger partial charge in [-0.2, -0.15) is 0 Å². The van der Waals surface area contributed by atoms with Gasteiger partial charge in [-0.15, -0.1) is 11.8 Å². The molecule has 2 saturated heterocycles. The van der Waals surface area contributed by atoms with Crippen molar-refractivity contribution in [3.05, 3.63) is 123 Å². The van der Waals surface area contributed by atoms with E-state index in [-0.39, 0.29) is 23.9 Å². The summed E-state index contributed by atoms with van der Waals surface area (Å²) < 4.78 is 5.86. The highest BCUT2D eigenvalue weighted by molar-refractivity contribution is 7.99. The Morgan fingerprint density at radius 2 is 1.72 bits per heavy atom. The molecule has 3 heterocycles. The summed E-state index contributed by atoms with van der Waals surface area (Å²) in [6.07, 6.45) is 1.19. The van der Waals surface area contributed by atoms with Crippen molar-refractivity contribution >= 4 is 62.9 Å². The molecule has 0 bridgehead atoms. The molecular formula is C36H29ClN2O6S. The Bertz CT molecular complexity index is 2100. The number of nitrogens with zero attached hydrogens (tertiary/aromatic N) is 1. The van der Waals surface area contributed by atoms with Crippen LogP contribution in [0.1, 0.15) is 22.7 Å². The third kappa shape index (κ3) is 4.99. The Labute approximate surface area is 273 Å². The van der Waals surface area contributed by atoms with E-state index in [1.165, 1.54) is 29.0 Å². The van der Waals surface area contributed by atoms with Crippen molar-refractivity contribution in [2.45, 2.75) is 29.8 Å². The van der Waals surface area contributed by atoms with Crippen LogP contribution in [0.3, 0.4) is 0 Å². The smallest absolute Gasteiger partial charge is 0.325 e. The molecule has 46 heavy (non-hydrogen) atoms. The molecule has 2 fully saturated rings. The molecule has 2 aliphatic heterocycles. The van der Waals surface area contributed by atoms with Gasteiger partial charge in [0.05, 0.1) is 35.1 Å². The van der Waals surface area contributed by atoms with E-state index in [4.69, 9.17) is 16.0 Å². The molecule has 4 unspecified atom stereocenters. The van der Waals surface area contributed by atoms with E-state index in [9.17, 15) is 24.3 Å². The number of hydrogen-bond acceptors (Lipinski definition) is 7. The number of nitrogens with one attached hydrogen (secondary N) is 1. The molecule has 8 nitrogen and oxygen atoms in total. The van der Waals surface area contributed by atoms with Crippen molar-refractivity contribution in [3.8, 4) is 0 Å². The van der Waals surface area contributed by atoms with E-state index in [0.717, 1.165) is 21.2 Å². The van der Waals surface area contributed by atoms with Crippen LogP contribution >= 0.6 is 23.4 Å². The van der Waals surface area contributed by atoms with E-state index < -0.39 is 46.6 Å². The second-order valence-corrected chi connectivity index (χ2v) is 13.4. The minimum Gasteiger partial charge on any atom is -0.480 e. The van der Waals surface area contributed by atoms with Crippen LogP contribution < -0.4 is 10.7 Å². The molecule has 4 atom stereocenters. The molecule has 7 rings (SSSR count). The predicted molar refractivity (Wildman–Crippen MR) is 177 cm³/mol. The van der Waals surface area contributed by atoms with Gasteiger partial charge in [0.1, 0.15) is 11.1 Å². The van der Waals surface area contributed by atoms with Crippen molar-refractivity contribution in [3.63, 3.8) is 0 Å². The van der Waals surface area contributed by atoms with Crippen LogP contribution in [0.5, 0.6) is 0 Å². The van der Waals surface area contributed by atoms with Crippen LogP contribution in [0.4, 0.5) is 0 Å². The lowest BCUT2D eigenvalue weighted by Crippen LogP contribution is -2.57. The molecular weight excluding hydrogens is 624 g/mol. The maximum Gasteiger partial charge on any atom is 0.325 e. The number of benzene rings is 4. The second-order valence-electron chi connectivity index (χ2n) is 11.9. The number of fused-ring (bicyclic) bond motifs is 3. The van der Waals surface area contributed by atoms with Gasteiger partial charge in [0, 0.05) is 28.6 Å². The molecule has 4 aromatic carbocycles. The van der Waals surface area contributed by atoms with E-state index in [2.05, 4.69) is 5.32 Å². The third-order valence-corrected chi connectivity index (χ3v) is 10.6. The molecule has 10 heteroatoms. The predicted octanol–water partition coefficient (Wildman–Crippen LogP) is 6.01. The topological polar surface area (TPSA) is 117 Å². The quantitative estimate of drug-likeness (QED) is 0.155. The van der Waals surface area contributed by atoms with Gasteiger partial charge in [-0.3, -0.25) is 29.4 Å². The lowest BCUT2D eigenvalue weighted by molar-refractivity contribution is -0.151. The number of amides is 2. The van der Waals surface area contributed by atoms with Crippen molar-refractivity contribution in [2.75, 3.05) is 12.3 Å². The minimum absolute atomic E-state index is 0.0747. The molecule has 1 aromatic heterocycles. The first kappa shape index (κ1) is 30.2. The van der Waals surface area contributed by atoms with Gasteiger partial charge in [0.15, 0.2) is 5.43 Å². The Balaban J connectivity index is 1.31. The fraction of sp³-hybridized carbons (Fsp3) is 0.222. The van der Waals surface area contributed by atoms with Gasteiger partial charge >= 0.3 is 5.97 Å². The van der Waals surface area contributed by atoms with Crippen LogP contribution in [-0.4, -0.2) is 45.6 Å². The standard InChI is InChI=1S/C36H29ClN2O6S/c1-20-15-28-25(17-27(20)37)32(40)26(19-45-28)31-29-30(34(42)39(33(29)41)13-14-46-24-9-3-2-4-10-24)36(38-31,35(43)44)18-21-11-12-22-7-5-6-8-23(22)16-21/h2-12,15-17,19,29-31,38H,13-14,18H2,1H3,(H,43,44). The number of carbonyl (C=O) groups excluding carboxylic acids is 2. The van der Waals surface area contributed by atoms with Crippen molar-refractivity contribution in [1.82, 2.24) is 10.2 Å². The summed E-state index contributed by atoms with van der Waals surface area (Å²) >= 11 is 7.85. The average Bonchev–Trinajstić information content (AvgIpc) is 3.52. The van der Waals surface area contributed by atoms with Crippen LogP contribution in [-0.2, 0) is 20.8 Å². The fourth-order valence-corrected chi connectivity index (χ4v) is 7.93. The Morgan fingerprint density at radius 3 is 2.48 bits per heavy atom. The van der Waals surface area contributed by atoms with Crippen molar-refractivity contribution in [2.24, 2.45) is 11.8 Å². The summed E-state index contributed by atoms with van der Waals surface area (Å²) in [5.74, 6) is -4.31. The summed E-state index contributed by atoms with van der Waals surface area (Å²) in [4.78, 5) is 57.8. The third-order valence-electron chi connectivity index (χ3n) is 9.17. The van der Waals surface area contributed by atoms with Crippen molar-refractivity contribution in [1.29, 1.82) is 0 Å². The highest BCUT2D eigenvalue weighted by Crippen LogP contribution is 2.50. The van der Waals surface area contributed by atoms with E-state index >= 15 is 0 Å². The van der Waals surface area contributed by atoms with E-state index in [1.807, 2.05) is 72.8 Å². The Hall–Kier alpha value is -4.44. The van der Waals surface area contributed by atoms with Gasteiger partial charge in [0.2, 0.25) is 11.8 Å². The first-order valence-electron chi connectivity index (χ1n) is 14.9. The van der Waals surface area contributed by atoms with Crippen molar-refractivity contribution < 1.29 is 23.9 Å². The molecule has 0 aliphatic carbocycles. The number of thioether (sulfide) groups is 1. The van der Waals surface area contributed by atoms with Gasteiger partial charge in [-0.1, -0.05) is 72.3 Å². The summed E-state index contributed by atoms with van der Waals surface area (Å²) in [6.45, 7) is 1.89. The van der Waals surface area contributed by atoms with Crippen LogP contribution in [0.25, 0.3) is 21.7 Å². The number of carboxylic acid groups (broad SMARTS) is 1. The lowest BCUT2D eigenvalue weighted by Gasteiger charge is -2.31. The summed E-state index contributed by atoms with van der Waals surface area (Å²) in [6, 6.07) is 25.0. The number of carbonyl (C=O) groups is 3. The highest BCUT2D eigenvalue weighted by atomic mass is 35.5. The molecule has 2 N–H and O–H groups in total. The van der Waals surface area contributed by atoms with Gasteiger partial charge in [-0.25, -0.2) is 0 Å². The number of rotatable bonds is 8. The number of hydrogen-bond donors (Lipinski definition) is 2. The maximum atomic E-state index is 14.2. The minimum atomic E-state index is -1.88. The largest absolute Gasteiger partial charge is 0.480 e. The Morgan fingerprint density at radius 1 is 0.978 bits per heavy atom. The van der Waals surface area contributed by atoms with Crippen LogP contribution in [0.2, 0.25) is 5.02 Å². The van der Waals surface area contributed by atoms with Gasteiger partial charge in [-0.05, 0) is 53.1 Å². The first-order valence-corrected chi connectivity index (χ1v) is 16.3. The molecule has 5 aromatic rings. The van der Waals surface area contributed by atoms with Gasteiger partial charge in [0.25, 0.3) is 0 Å². The van der Waals surface area contributed by atoms with E-state index in [1.54, 1.807) is 13.0 Å². The summed E-state index contributed by atoms with van der Waals surface area (Å²) in [7, 11) is 0. The second kappa shape index (κ2) is 11.7.